The number of ether oxygens (including phenoxy) is 1. The standard InChI is InChI=1S/C16H25F2NO/c1-11(2)6-7-20-15-13(17)8-12(9-14(15)18)10-19-16(3,4)5/h8-9,11,19H,6-7,10H2,1-5H3. The van der Waals surface area contributed by atoms with Gasteiger partial charge in [-0.05, 0) is 50.8 Å². The summed E-state index contributed by atoms with van der Waals surface area (Å²) in [5, 5.41) is 3.20. The molecule has 0 radical (unpaired) electrons. The zero-order valence-corrected chi connectivity index (χ0v) is 13.0. The van der Waals surface area contributed by atoms with E-state index < -0.39 is 11.6 Å². The first-order valence-corrected chi connectivity index (χ1v) is 7.05. The molecule has 2 nitrogen and oxygen atoms in total. The average molecular weight is 285 g/mol. The lowest BCUT2D eigenvalue weighted by molar-refractivity contribution is 0.263. The molecule has 0 aliphatic carbocycles. The fraction of sp³-hybridized carbons (Fsp3) is 0.625. The Bertz CT molecular complexity index is 416. The minimum absolute atomic E-state index is 0.0978. The van der Waals surface area contributed by atoms with Crippen molar-refractivity contribution in [3.05, 3.63) is 29.3 Å². The molecule has 1 N–H and O–H groups in total. The Kier molecular flexibility index (Phi) is 5.93. The third-order valence-corrected chi connectivity index (χ3v) is 2.82. The third-order valence-electron chi connectivity index (χ3n) is 2.82. The molecule has 0 spiro atoms. The maximum absolute atomic E-state index is 13.9. The van der Waals surface area contributed by atoms with Crippen molar-refractivity contribution >= 4 is 0 Å². The van der Waals surface area contributed by atoms with E-state index in [-0.39, 0.29) is 11.3 Å². The number of hydrogen-bond donors (Lipinski definition) is 1. The van der Waals surface area contributed by atoms with Crippen LogP contribution in [0.15, 0.2) is 12.1 Å². The summed E-state index contributed by atoms with van der Waals surface area (Å²) in [7, 11) is 0. The lowest BCUT2D eigenvalue weighted by Crippen LogP contribution is -2.35. The SMILES string of the molecule is CC(C)CCOc1c(F)cc(CNC(C)(C)C)cc1F. The average Bonchev–Trinajstić information content (AvgIpc) is 2.29. The Morgan fingerprint density at radius 3 is 2.15 bits per heavy atom. The molecule has 0 heterocycles. The number of rotatable bonds is 6. The predicted molar refractivity (Wildman–Crippen MR) is 77.9 cm³/mol. The zero-order chi connectivity index (χ0) is 15.3. The van der Waals surface area contributed by atoms with Crippen LogP contribution in [0.4, 0.5) is 8.78 Å². The van der Waals surface area contributed by atoms with E-state index >= 15 is 0 Å². The van der Waals surface area contributed by atoms with E-state index in [4.69, 9.17) is 4.74 Å². The normalized spacial score (nSPS) is 12.0. The second-order valence-corrected chi connectivity index (χ2v) is 6.52. The molecule has 0 atom stereocenters. The predicted octanol–water partition coefficient (Wildman–Crippen LogP) is 4.28. The van der Waals surface area contributed by atoms with Crippen LogP contribution < -0.4 is 10.1 Å². The first kappa shape index (κ1) is 16.9. The van der Waals surface area contributed by atoms with E-state index in [1.165, 1.54) is 12.1 Å². The molecule has 4 heteroatoms. The second kappa shape index (κ2) is 7.02. The minimum Gasteiger partial charge on any atom is -0.488 e. The Morgan fingerprint density at radius 2 is 1.70 bits per heavy atom. The van der Waals surface area contributed by atoms with Crippen LogP contribution in [-0.4, -0.2) is 12.1 Å². The summed E-state index contributed by atoms with van der Waals surface area (Å²) in [5.41, 5.74) is 0.477. The highest BCUT2D eigenvalue weighted by Crippen LogP contribution is 2.24. The van der Waals surface area contributed by atoms with Gasteiger partial charge in [-0.3, -0.25) is 0 Å². The van der Waals surface area contributed by atoms with Crippen LogP contribution in [0.3, 0.4) is 0 Å². The Morgan fingerprint density at radius 1 is 1.15 bits per heavy atom. The molecule has 0 saturated heterocycles. The molecule has 1 rings (SSSR count). The summed E-state index contributed by atoms with van der Waals surface area (Å²) in [4.78, 5) is 0. The molecule has 0 unspecified atom stereocenters. The van der Waals surface area contributed by atoms with Gasteiger partial charge in [0.25, 0.3) is 0 Å². The first-order chi connectivity index (χ1) is 9.19. The van der Waals surface area contributed by atoms with Crippen molar-refractivity contribution in [3.8, 4) is 5.75 Å². The van der Waals surface area contributed by atoms with E-state index in [0.717, 1.165) is 6.42 Å². The van der Waals surface area contributed by atoms with Gasteiger partial charge in [-0.2, -0.15) is 0 Å². The van der Waals surface area contributed by atoms with Gasteiger partial charge in [-0.1, -0.05) is 13.8 Å². The largest absolute Gasteiger partial charge is 0.488 e. The maximum atomic E-state index is 13.9. The van der Waals surface area contributed by atoms with Crippen molar-refractivity contribution in [1.29, 1.82) is 0 Å². The van der Waals surface area contributed by atoms with Gasteiger partial charge < -0.3 is 10.1 Å². The van der Waals surface area contributed by atoms with Gasteiger partial charge >= 0.3 is 0 Å². The third kappa shape index (κ3) is 5.87. The summed E-state index contributed by atoms with van der Waals surface area (Å²) in [6, 6.07) is 2.65. The molecule has 0 amide bonds. The summed E-state index contributed by atoms with van der Waals surface area (Å²) in [5.74, 6) is -1.11. The molecule has 0 saturated carbocycles. The highest BCUT2D eigenvalue weighted by molar-refractivity contribution is 5.31. The van der Waals surface area contributed by atoms with Crippen LogP contribution in [-0.2, 0) is 6.54 Å². The molecule has 114 valence electrons. The Labute approximate surface area is 120 Å². The van der Waals surface area contributed by atoms with Crippen LogP contribution in [0.1, 0.15) is 46.6 Å². The lowest BCUT2D eigenvalue weighted by atomic mass is 10.1. The van der Waals surface area contributed by atoms with Crippen LogP contribution in [0.2, 0.25) is 0 Å². The van der Waals surface area contributed by atoms with Crippen molar-refractivity contribution in [1.82, 2.24) is 5.32 Å². The second-order valence-electron chi connectivity index (χ2n) is 6.52. The number of halogens is 2. The highest BCUT2D eigenvalue weighted by Gasteiger charge is 2.14. The smallest absolute Gasteiger partial charge is 0.190 e. The highest BCUT2D eigenvalue weighted by atomic mass is 19.1. The van der Waals surface area contributed by atoms with E-state index in [9.17, 15) is 8.78 Å². The Hall–Kier alpha value is -1.16. The monoisotopic (exact) mass is 285 g/mol. The van der Waals surface area contributed by atoms with Gasteiger partial charge in [0.1, 0.15) is 0 Å². The van der Waals surface area contributed by atoms with E-state index in [1.807, 2.05) is 34.6 Å². The van der Waals surface area contributed by atoms with Crippen molar-refractivity contribution in [2.24, 2.45) is 5.92 Å². The summed E-state index contributed by atoms with van der Waals surface area (Å²) < 4.78 is 32.9. The molecule has 0 aliphatic rings. The van der Waals surface area contributed by atoms with Crippen LogP contribution in [0.25, 0.3) is 0 Å². The molecule has 20 heavy (non-hydrogen) atoms. The van der Waals surface area contributed by atoms with Gasteiger partial charge in [0, 0.05) is 12.1 Å². The molecule has 0 aromatic heterocycles. The van der Waals surface area contributed by atoms with E-state index in [0.29, 0.717) is 24.6 Å². The van der Waals surface area contributed by atoms with Gasteiger partial charge in [0.05, 0.1) is 6.61 Å². The van der Waals surface area contributed by atoms with Crippen molar-refractivity contribution in [2.75, 3.05) is 6.61 Å². The molecule has 0 fully saturated rings. The molecule has 1 aromatic carbocycles. The van der Waals surface area contributed by atoms with Gasteiger partial charge in [0.2, 0.25) is 0 Å². The van der Waals surface area contributed by atoms with Crippen molar-refractivity contribution < 1.29 is 13.5 Å². The van der Waals surface area contributed by atoms with Gasteiger partial charge in [-0.25, -0.2) is 8.78 Å². The molecule has 0 aliphatic heterocycles. The molecular formula is C16H25F2NO. The van der Waals surface area contributed by atoms with Crippen molar-refractivity contribution in [2.45, 2.75) is 53.1 Å². The van der Waals surface area contributed by atoms with Crippen molar-refractivity contribution in [3.63, 3.8) is 0 Å². The molecule has 0 bridgehead atoms. The van der Waals surface area contributed by atoms with Gasteiger partial charge in [-0.15, -0.1) is 0 Å². The van der Waals surface area contributed by atoms with Gasteiger partial charge in [0.15, 0.2) is 17.4 Å². The first-order valence-electron chi connectivity index (χ1n) is 7.05. The topological polar surface area (TPSA) is 21.3 Å². The fourth-order valence-corrected chi connectivity index (χ4v) is 1.62. The fourth-order valence-electron chi connectivity index (χ4n) is 1.62. The Balaban J connectivity index is 2.71. The maximum Gasteiger partial charge on any atom is 0.190 e. The van der Waals surface area contributed by atoms with E-state index in [1.54, 1.807) is 0 Å². The van der Waals surface area contributed by atoms with Crippen LogP contribution in [0.5, 0.6) is 5.75 Å². The lowest BCUT2D eigenvalue weighted by Gasteiger charge is -2.20. The molecule has 1 aromatic rings. The van der Waals surface area contributed by atoms with Crippen LogP contribution >= 0.6 is 0 Å². The molecular weight excluding hydrogens is 260 g/mol. The summed E-state index contributed by atoms with van der Waals surface area (Å²) >= 11 is 0. The summed E-state index contributed by atoms with van der Waals surface area (Å²) in [6.07, 6.45) is 0.770. The van der Waals surface area contributed by atoms with Crippen LogP contribution in [0, 0.1) is 17.6 Å². The quantitative estimate of drug-likeness (QED) is 0.842. The number of benzene rings is 1. The zero-order valence-electron chi connectivity index (χ0n) is 13.0. The number of nitrogens with one attached hydrogen (secondary N) is 1. The van der Waals surface area contributed by atoms with E-state index in [2.05, 4.69) is 5.32 Å². The summed E-state index contributed by atoms with van der Waals surface area (Å²) in [6.45, 7) is 10.8. The minimum atomic E-state index is -0.639. The number of hydrogen-bond acceptors (Lipinski definition) is 2.